The number of nitrogens with one attached hydrogen (secondary N) is 1. The van der Waals surface area contributed by atoms with Gasteiger partial charge in [0.2, 0.25) is 10.1 Å². The first kappa shape index (κ1) is 13.8. The molecule has 19 heavy (non-hydrogen) atoms. The van der Waals surface area contributed by atoms with Crippen LogP contribution in [-0.4, -0.2) is 20.0 Å². The van der Waals surface area contributed by atoms with Crippen LogP contribution in [0.2, 0.25) is 0 Å². The summed E-state index contributed by atoms with van der Waals surface area (Å²) in [6.45, 7) is 3.23. The average molecular weight is 291 g/mol. The van der Waals surface area contributed by atoms with E-state index in [0.717, 1.165) is 18.5 Å². The fourth-order valence-corrected chi connectivity index (χ4v) is 2.04. The number of aromatic nitrogens is 4. The molecule has 104 valence electrons. The van der Waals surface area contributed by atoms with Gasteiger partial charge in [-0.2, -0.15) is 18.3 Å². The zero-order valence-electron chi connectivity index (χ0n) is 10.1. The molecule has 2 aromatic heterocycles. The minimum Gasteiger partial charge on any atom is -0.356 e. The van der Waals surface area contributed by atoms with Gasteiger partial charge in [-0.25, -0.2) is 0 Å². The molecular formula is C10H12F3N5S. The predicted octanol–water partition coefficient (Wildman–Crippen LogP) is 2.78. The largest absolute Gasteiger partial charge is 0.445 e. The standard InChI is InChI=1S/C10H12F3N5S/c1-2-3-18-6-7(5-15-18)4-14-9-17-16-8(19-9)10(11,12)13/h5-6H,2-4H2,1H3,(H,14,17). The highest BCUT2D eigenvalue weighted by Gasteiger charge is 2.35. The van der Waals surface area contributed by atoms with Crippen molar-refractivity contribution in [1.29, 1.82) is 0 Å². The summed E-state index contributed by atoms with van der Waals surface area (Å²) in [6.07, 6.45) is 0.0556. The second-order valence-electron chi connectivity index (χ2n) is 3.88. The Morgan fingerprint density at radius 2 is 2.16 bits per heavy atom. The molecule has 0 unspecified atom stereocenters. The Kier molecular flexibility index (Phi) is 4.03. The third kappa shape index (κ3) is 3.66. The molecule has 0 aliphatic heterocycles. The van der Waals surface area contributed by atoms with Crippen molar-refractivity contribution in [2.24, 2.45) is 0 Å². The molecule has 0 saturated heterocycles. The maximum absolute atomic E-state index is 12.3. The van der Waals surface area contributed by atoms with Crippen molar-refractivity contribution in [3.63, 3.8) is 0 Å². The molecule has 0 spiro atoms. The molecule has 0 fully saturated rings. The first-order valence-electron chi connectivity index (χ1n) is 5.65. The first-order valence-corrected chi connectivity index (χ1v) is 6.46. The summed E-state index contributed by atoms with van der Waals surface area (Å²) in [5, 5.41) is 12.7. The summed E-state index contributed by atoms with van der Waals surface area (Å²) in [7, 11) is 0. The number of anilines is 1. The monoisotopic (exact) mass is 291 g/mol. The molecule has 0 aliphatic rings. The van der Waals surface area contributed by atoms with Crippen LogP contribution in [0.25, 0.3) is 0 Å². The summed E-state index contributed by atoms with van der Waals surface area (Å²) in [5.74, 6) is 0. The summed E-state index contributed by atoms with van der Waals surface area (Å²) in [5.41, 5.74) is 0.886. The van der Waals surface area contributed by atoms with Gasteiger partial charge in [-0.15, -0.1) is 10.2 Å². The number of aryl methyl sites for hydroxylation is 1. The maximum Gasteiger partial charge on any atom is 0.445 e. The minimum absolute atomic E-state index is 0.149. The second kappa shape index (κ2) is 5.55. The van der Waals surface area contributed by atoms with Crippen LogP contribution >= 0.6 is 11.3 Å². The third-order valence-corrected chi connectivity index (χ3v) is 3.18. The number of nitrogens with zero attached hydrogens (tertiary/aromatic N) is 4. The Morgan fingerprint density at radius 3 is 2.79 bits per heavy atom. The molecule has 9 heteroatoms. The van der Waals surface area contributed by atoms with Gasteiger partial charge in [0.25, 0.3) is 0 Å². The number of hydrogen-bond acceptors (Lipinski definition) is 5. The topological polar surface area (TPSA) is 55.6 Å². The fourth-order valence-electron chi connectivity index (χ4n) is 1.44. The van der Waals surface area contributed by atoms with Gasteiger partial charge in [0.1, 0.15) is 0 Å². The van der Waals surface area contributed by atoms with Crippen LogP contribution in [0.4, 0.5) is 18.3 Å². The summed E-state index contributed by atoms with van der Waals surface area (Å²) in [6, 6.07) is 0. The average Bonchev–Trinajstić information content (AvgIpc) is 2.94. The summed E-state index contributed by atoms with van der Waals surface area (Å²) >= 11 is 0.491. The highest BCUT2D eigenvalue weighted by Crippen LogP contribution is 2.33. The van der Waals surface area contributed by atoms with E-state index in [4.69, 9.17) is 0 Å². The molecule has 5 nitrogen and oxygen atoms in total. The van der Waals surface area contributed by atoms with Gasteiger partial charge in [0, 0.05) is 24.8 Å². The highest BCUT2D eigenvalue weighted by atomic mass is 32.1. The predicted molar refractivity (Wildman–Crippen MR) is 64.8 cm³/mol. The molecule has 0 aliphatic carbocycles. The number of hydrogen-bond donors (Lipinski definition) is 1. The third-order valence-electron chi connectivity index (χ3n) is 2.25. The Morgan fingerprint density at radius 1 is 1.37 bits per heavy atom. The van der Waals surface area contributed by atoms with Crippen LogP contribution in [0.5, 0.6) is 0 Å². The lowest BCUT2D eigenvalue weighted by Crippen LogP contribution is -2.03. The minimum atomic E-state index is -4.44. The molecule has 0 saturated carbocycles. The highest BCUT2D eigenvalue weighted by molar-refractivity contribution is 7.15. The van der Waals surface area contributed by atoms with Gasteiger partial charge in [0.05, 0.1) is 6.20 Å². The molecular weight excluding hydrogens is 279 g/mol. The summed E-state index contributed by atoms with van der Waals surface area (Å²) < 4.78 is 38.7. The van der Waals surface area contributed by atoms with Crippen molar-refractivity contribution in [3.8, 4) is 0 Å². The quantitative estimate of drug-likeness (QED) is 0.920. The summed E-state index contributed by atoms with van der Waals surface area (Å²) in [4.78, 5) is 0. The van der Waals surface area contributed by atoms with E-state index in [1.807, 2.05) is 13.1 Å². The fraction of sp³-hybridized carbons (Fsp3) is 0.500. The Labute approximate surface area is 111 Å². The van der Waals surface area contributed by atoms with E-state index in [1.165, 1.54) is 0 Å². The van der Waals surface area contributed by atoms with Gasteiger partial charge < -0.3 is 5.32 Å². The molecule has 0 amide bonds. The molecule has 1 N–H and O–H groups in total. The van der Waals surface area contributed by atoms with Gasteiger partial charge in [-0.3, -0.25) is 4.68 Å². The van der Waals surface area contributed by atoms with Crippen molar-refractivity contribution in [1.82, 2.24) is 20.0 Å². The van der Waals surface area contributed by atoms with Crippen molar-refractivity contribution < 1.29 is 13.2 Å². The smallest absolute Gasteiger partial charge is 0.356 e. The van der Waals surface area contributed by atoms with Crippen molar-refractivity contribution in [2.45, 2.75) is 32.6 Å². The van der Waals surface area contributed by atoms with E-state index in [1.54, 1.807) is 10.9 Å². The van der Waals surface area contributed by atoms with Crippen molar-refractivity contribution in [2.75, 3.05) is 5.32 Å². The van der Waals surface area contributed by atoms with E-state index in [2.05, 4.69) is 20.6 Å². The lowest BCUT2D eigenvalue weighted by Gasteiger charge is -1.99. The molecule has 0 aromatic carbocycles. The van der Waals surface area contributed by atoms with Gasteiger partial charge >= 0.3 is 6.18 Å². The lowest BCUT2D eigenvalue weighted by atomic mass is 10.4. The van der Waals surface area contributed by atoms with Crippen LogP contribution in [-0.2, 0) is 19.3 Å². The first-order chi connectivity index (χ1) is 8.99. The molecule has 2 rings (SSSR count). The van der Waals surface area contributed by atoms with Gasteiger partial charge in [0.15, 0.2) is 0 Å². The van der Waals surface area contributed by atoms with E-state index >= 15 is 0 Å². The number of halogens is 3. The normalized spacial score (nSPS) is 11.8. The Bertz CT molecular complexity index is 533. The number of rotatable bonds is 5. The van der Waals surface area contributed by atoms with Crippen molar-refractivity contribution in [3.05, 3.63) is 23.0 Å². The van der Waals surface area contributed by atoms with E-state index < -0.39 is 11.2 Å². The zero-order chi connectivity index (χ0) is 13.9. The van der Waals surface area contributed by atoms with Gasteiger partial charge in [-0.1, -0.05) is 18.3 Å². The zero-order valence-corrected chi connectivity index (χ0v) is 10.9. The van der Waals surface area contributed by atoms with Crippen LogP contribution in [0.3, 0.4) is 0 Å². The van der Waals surface area contributed by atoms with E-state index in [-0.39, 0.29) is 5.13 Å². The van der Waals surface area contributed by atoms with Crippen LogP contribution in [0, 0.1) is 0 Å². The van der Waals surface area contributed by atoms with Crippen molar-refractivity contribution >= 4 is 16.5 Å². The van der Waals surface area contributed by atoms with Crippen LogP contribution in [0.1, 0.15) is 23.9 Å². The molecule has 0 bridgehead atoms. The second-order valence-corrected chi connectivity index (χ2v) is 4.85. The molecule has 2 aromatic rings. The van der Waals surface area contributed by atoms with E-state index in [9.17, 15) is 13.2 Å². The Balaban J connectivity index is 1.93. The van der Waals surface area contributed by atoms with E-state index in [0.29, 0.717) is 17.9 Å². The number of alkyl halides is 3. The molecule has 2 heterocycles. The molecule has 0 atom stereocenters. The van der Waals surface area contributed by atoms with Gasteiger partial charge in [-0.05, 0) is 6.42 Å². The van der Waals surface area contributed by atoms with Crippen LogP contribution in [0.15, 0.2) is 12.4 Å². The SMILES string of the molecule is CCCn1cc(CNc2nnc(C(F)(F)F)s2)cn1. The van der Waals surface area contributed by atoms with Crippen LogP contribution < -0.4 is 5.32 Å². The lowest BCUT2D eigenvalue weighted by molar-refractivity contribution is -0.138. The Hall–Kier alpha value is -1.64. The molecule has 0 radical (unpaired) electrons. The maximum atomic E-state index is 12.3.